The fraction of sp³-hybridized carbons (Fsp3) is 0.154. The summed E-state index contributed by atoms with van der Waals surface area (Å²) in [7, 11) is 0. The Hall–Kier alpha value is -3.57. The molecule has 0 atom stereocenters. The predicted octanol–water partition coefficient (Wildman–Crippen LogP) is 5.97. The average molecular weight is 447 g/mol. The molecule has 1 amide bonds. The molecule has 32 heavy (non-hydrogen) atoms. The zero-order chi connectivity index (χ0) is 22.5. The lowest BCUT2D eigenvalue weighted by atomic mass is 10.1. The summed E-state index contributed by atoms with van der Waals surface area (Å²) >= 11 is 6.05. The minimum absolute atomic E-state index is 0.210. The molecule has 0 bridgehead atoms. The van der Waals surface area contributed by atoms with Crippen molar-refractivity contribution in [3.63, 3.8) is 0 Å². The van der Waals surface area contributed by atoms with Crippen molar-refractivity contribution in [2.75, 3.05) is 18.1 Å². The van der Waals surface area contributed by atoms with Crippen molar-refractivity contribution in [2.45, 2.75) is 13.8 Å². The van der Waals surface area contributed by atoms with Crippen LogP contribution in [0.1, 0.15) is 25.0 Å². The lowest BCUT2D eigenvalue weighted by Crippen LogP contribution is -2.32. The molecule has 1 aliphatic heterocycles. The number of hydrogen-bond donors (Lipinski definition) is 0. The molecule has 4 rings (SSSR count). The molecular weight excluding hydrogens is 424 g/mol. The molecule has 3 aromatic rings. The molecule has 0 fully saturated rings. The zero-order valence-corrected chi connectivity index (χ0v) is 18.7. The lowest BCUT2D eigenvalue weighted by Gasteiger charge is -2.18. The highest BCUT2D eigenvalue weighted by atomic mass is 35.5. The minimum atomic E-state index is -0.210. The van der Waals surface area contributed by atoms with Gasteiger partial charge in [-0.3, -0.25) is 9.69 Å². The zero-order valence-electron chi connectivity index (χ0n) is 17.9. The van der Waals surface area contributed by atoms with E-state index in [-0.39, 0.29) is 5.91 Å². The van der Waals surface area contributed by atoms with Gasteiger partial charge >= 0.3 is 0 Å². The van der Waals surface area contributed by atoms with Crippen molar-refractivity contribution in [1.29, 1.82) is 0 Å². The van der Waals surface area contributed by atoms with E-state index < -0.39 is 0 Å². The van der Waals surface area contributed by atoms with Crippen LogP contribution in [0.15, 0.2) is 83.5 Å². The predicted molar refractivity (Wildman–Crippen MR) is 129 cm³/mol. The Balaban J connectivity index is 1.76. The Morgan fingerprint density at radius 1 is 0.906 bits per heavy atom. The van der Waals surface area contributed by atoms with Crippen LogP contribution < -0.4 is 14.4 Å². The average Bonchev–Trinajstić information content (AvgIpc) is 3.13. The maximum Gasteiger partial charge on any atom is 0.282 e. The van der Waals surface area contributed by atoms with Gasteiger partial charge in [-0.15, -0.1) is 0 Å². The van der Waals surface area contributed by atoms with Gasteiger partial charge in [-0.25, -0.2) is 4.99 Å². The van der Waals surface area contributed by atoms with Crippen molar-refractivity contribution < 1.29 is 14.3 Å². The molecule has 6 heteroatoms. The molecule has 0 unspecified atom stereocenters. The van der Waals surface area contributed by atoms with E-state index in [9.17, 15) is 4.79 Å². The van der Waals surface area contributed by atoms with Crippen LogP contribution in [0.3, 0.4) is 0 Å². The largest absolute Gasteiger partial charge is 0.490 e. The molecule has 5 nitrogen and oxygen atoms in total. The van der Waals surface area contributed by atoms with Crippen LogP contribution in [0.4, 0.5) is 5.69 Å². The first-order valence-corrected chi connectivity index (χ1v) is 10.8. The van der Waals surface area contributed by atoms with Crippen molar-refractivity contribution in [3.8, 4) is 11.5 Å². The summed E-state index contributed by atoms with van der Waals surface area (Å²) in [6, 6.07) is 22.4. The second kappa shape index (κ2) is 9.71. The Morgan fingerprint density at radius 3 is 2.28 bits per heavy atom. The van der Waals surface area contributed by atoms with Gasteiger partial charge in [0.1, 0.15) is 11.5 Å². The molecule has 0 saturated carbocycles. The first-order chi connectivity index (χ1) is 15.6. The molecular formula is C26H23ClN2O3. The molecule has 1 aliphatic rings. The van der Waals surface area contributed by atoms with Crippen molar-refractivity contribution in [3.05, 3.63) is 94.6 Å². The normalized spacial score (nSPS) is 14.6. The summed E-state index contributed by atoms with van der Waals surface area (Å²) in [5.74, 6) is 1.67. The van der Waals surface area contributed by atoms with E-state index in [0.717, 1.165) is 11.1 Å². The third-order valence-corrected chi connectivity index (χ3v) is 5.10. The summed E-state index contributed by atoms with van der Waals surface area (Å²) in [6.45, 7) is 4.90. The van der Waals surface area contributed by atoms with E-state index >= 15 is 0 Å². The quantitative estimate of drug-likeness (QED) is 0.420. The number of carbonyl (C=O) groups is 1. The van der Waals surface area contributed by atoms with Gasteiger partial charge in [-0.2, -0.15) is 0 Å². The van der Waals surface area contributed by atoms with Crippen LogP contribution in [-0.2, 0) is 4.79 Å². The number of hydrogen-bond acceptors (Lipinski definition) is 4. The number of rotatable bonds is 7. The summed E-state index contributed by atoms with van der Waals surface area (Å²) in [4.78, 5) is 19.7. The Kier molecular flexibility index (Phi) is 6.57. The molecule has 0 aromatic heterocycles. The maximum absolute atomic E-state index is 13.4. The first kappa shape index (κ1) is 21.7. The molecule has 0 spiro atoms. The van der Waals surface area contributed by atoms with E-state index in [2.05, 4.69) is 0 Å². The number of amidine groups is 1. The third-order valence-electron chi connectivity index (χ3n) is 4.85. The topological polar surface area (TPSA) is 51.1 Å². The van der Waals surface area contributed by atoms with Gasteiger partial charge in [0.2, 0.25) is 0 Å². The highest BCUT2D eigenvalue weighted by Gasteiger charge is 2.32. The van der Waals surface area contributed by atoms with Gasteiger partial charge in [-0.1, -0.05) is 48.0 Å². The SMILES string of the molecule is CCOc1ccc(/C=C2\N=C(c3ccccc3)N(c3ccc(Cl)cc3)C2=O)cc1OCC. The number of carbonyl (C=O) groups excluding carboxylic acids is 1. The van der Waals surface area contributed by atoms with E-state index in [1.165, 1.54) is 0 Å². The first-order valence-electron chi connectivity index (χ1n) is 10.5. The van der Waals surface area contributed by atoms with E-state index in [1.807, 2.05) is 74.5 Å². The molecule has 3 aromatic carbocycles. The number of aliphatic imine (C=N–C) groups is 1. The summed E-state index contributed by atoms with van der Waals surface area (Å²) in [5, 5.41) is 0.604. The summed E-state index contributed by atoms with van der Waals surface area (Å²) in [5.41, 5.74) is 2.69. The number of benzene rings is 3. The summed E-state index contributed by atoms with van der Waals surface area (Å²) < 4.78 is 11.4. The van der Waals surface area contributed by atoms with Crippen molar-refractivity contribution in [1.82, 2.24) is 0 Å². The number of amides is 1. The van der Waals surface area contributed by atoms with Gasteiger partial charge in [0.15, 0.2) is 11.5 Å². The van der Waals surface area contributed by atoms with E-state index in [1.54, 1.807) is 23.1 Å². The van der Waals surface area contributed by atoms with Crippen LogP contribution in [0.25, 0.3) is 6.08 Å². The number of ether oxygens (including phenoxy) is 2. The van der Waals surface area contributed by atoms with Gasteiger partial charge in [-0.05, 0) is 61.9 Å². The molecule has 1 heterocycles. The Labute approximate surface area is 192 Å². The van der Waals surface area contributed by atoms with Crippen LogP contribution in [-0.4, -0.2) is 25.0 Å². The van der Waals surface area contributed by atoms with E-state index in [0.29, 0.717) is 47.0 Å². The fourth-order valence-electron chi connectivity index (χ4n) is 3.44. The molecule has 0 saturated heterocycles. The van der Waals surface area contributed by atoms with Crippen LogP contribution in [0, 0.1) is 0 Å². The number of anilines is 1. The van der Waals surface area contributed by atoms with Crippen LogP contribution in [0.5, 0.6) is 11.5 Å². The highest BCUT2D eigenvalue weighted by molar-refractivity contribution is 6.33. The standard InChI is InChI=1S/C26H23ClN2O3/c1-3-31-23-15-10-18(17-24(23)32-4-2)16-22-26(30)29(21-13-11-20(27)12-14-21)25(28-22)19-8-6-5-7-9-19/h5-17H,3-4H2,1-2H3/b22-16-. The van der Waals surface area contributed by atoms with Gasteiger partial charge < -0.3 is 9.47 Å². The maximum atomic E-state index is 13.4. The number of halogens is 1. The Bertz CT molecular complexity index is 1170. The van der Waals surface area contributed by atoms with Crippen LogP contribution >= 0.6 is 11.6 Å². The third kappa shape index (κ3) is 4.53. The monoisotopic (exact) mass is 446 g/mol. The number of nitrogens with zero attached hydrogens (tertiary/aromatic N) is 2. The van der Waals surface area contributed by atoms with Gasteiger partial charge in [0.25, 0.3) is 5.91 Å². The molecule has 0 radical (unpaired) electrons. The molecule has 0 N–H and O–H groups in total. The fourth-order valence-corrected chi connectivity index (χ4v) is 3.57. The smallest absolute Gasteiger partial charge is 0.282 e. The van der Waals surface area contributed by atoms with E-state index in [4.69, 9.17) is 26.1 Å². The van der Waals surface area contributed by atoms with Crippen LogP contribution in [0.2, 0.25) is 5.02 Å². The van der Waals surface area contributed by atoms with Gasteiger partial charge in [0, 0.05) is 10.6 Å². The molecule has 0 aliphatic carbocycles. The van der Waals surface area contributed by atoms with Crippen molar-refractivity contribution >= 4 is 35.1 Å². The second-order valence-electron chi connectivity index (χ2n) is 7.02. The second-order valence-corrected chi connectivity index (χ2v) is 7.46. The molecule has 162 valence electrons. The van der Waals surface area contributed by atoms with Crippen molar-refractivity contribution in [2.24, 2.45) is 4.99 Å². The van der Waals surface area contributed by atoms with Gasteiger partial charge in [0.05, 0.1) is 18.9 Å². The highest BCUT2D eigenvalue weighted by Crippen LogP contribution is 2.32. The minimum Gasteiger partial charge on any atom is -0.490 e. The lowest BCUT2D eigenvalue weighted by molar-refractivity contribution is -0.113. The summed E-state index contributed by atoms with van der Waals surface area (Å²) in [6.07, 6.45) is 1.76. The Morgan fingerprint density at radius 2 is 1.59 bits per heavy atom.